The first kappa shape index (κ1) is 14.9. The third-order valence-corrected chi connectivity index (χ3v) is 4.42. The highest BCUT2D eigenvalue weighted by atomic mass is 16.5. The number of piperazine rings is 1. The zero-order valence-corrected chi connectivity index (χ0v) is 13.6. The summed E-state index contributed by atoms with van der Waals surface area (Å²) in [6.45, 7) is 4.83. The number of rotatable bonds is 4. The zero-order valence-electron chi connectivity index (χ0n) is 13.6. The third-order valence-electron chi connectivity index (χ3n) is 4.42. The summed E-state index contributed by atoms with van der Waals surface area (Å²) in [4.78, 5) is 20.9. The number of nitrogens with one attached hydrogen (secondary N) is 1. The Hall–Kier alpha value is -2.67. The van der Waals surface area contributed by atoms with Gasteiger partial charge < -0.3 is 14.6 Å². The van der Waals surface area contributed by atoms with Gasteiger partial charge in [-0.3, -0.25) is 4.90 Å². The van der Waals surface area contributed by atoms with E-state index in [-0.39, 0.29) is 0 Å². The predicted octanol–water partition coefficient (Wildman–Crippen LogP) is 1.68. The molecule has 4 heterocycles. The number of H-pyrrole nitrogens is 1. The molecule has 1 N–H and O–H groups in total. The van der Waals surface area contributed by atoms with E-state index in [1.165, 1.54) is 5.56 Å². The van der Waals surface area contributed by atoms with Crippen LogP contribution < -0.4 is 9.64 Å². The Morgan fingerprint density at radius 3 is 2.71 bits per heavy atom. The molecule has 0 saturated carbocycles. The number of pyridine rings is 1. The summed E-state index contributed by atoms with van der Waals surface area (Å²) in [5, 5.41) is 1.09. The largest absolute Gasteiger partial charge is 0.481 e. The summed E-state index contributed by atoms with van der Waals surface area (Å²) in [6.07, 6.45) is 5.43. The van der Waals surface area contributed by atoms with Gasteiger partial charge in [-0.25, -0.2) is 15.0 Å². The molecule has 0 atom stereocenters. The van der Waals surface area contributed by atoms with Gasteiger partial charge in [0.25, 0.3) is 0 Å². The molecule has 4 rings (SSSR count). The van der Waals surface area contributed by atoms with Crippen molar-refractivity contribution in [3.63, 3.8) is 0 Å². The molecule has 7 nitrogen and oxygen atoms in total. The minimum Gasteiger partial charge on any atom is -0.481 e. The van der Waals surface area contributed by atoms with Crippen molar-refractivity contribution in [2.24, 2.45) is 0 Å². The smallest absolute Gasteiger partial charge is 0.212 e. The van der Waals surface area contributed by atoms with E-state index in [1.54, 1.807) is 13.4 Å². The van der Waals surface area contributed by atoms with Crippen LogP contribution in [-0.4, -0.2) is 58.1 Å². The van der Waals surface area contributed by atoms with Crippen molar-refractivity contribution in [2.45, 2.75) is 6.54 Å². The Balaban J connectivity index is 1.40. The maximum Gasteiger partial charge on any atom is 0.212 e. The van der Waals surface area contributed by atoms with Gasteiger partial charge in [0, 0.05) is 51.2 Å². The molecule has 124 valence electrons. The topological polar surface area (TPSA) is 70.2 Å². The first-order chi connectivity index (χ1) is 11.8. The second-order valence-electron chi connectivity index (χ2n) is 5.91. The summed E-state index contributed by atoms with van der Waals surface area (Å²) in [5.41, 5.74) is 2.10. The molecule has 0 aromatic carbocycles. The van der Waals surface area contributed by atoms with Crippen molar-refractivity contribution in [1.29, 1.82) is 0 Å². The van der Waals surface area contributed by atoms with Gasteiger partial charge in [0.15, 0.2) is 0 Å². The van der Waals surface area contributed by atoms with E-state index in [2.05, 4.69) is 35.8 Å². The molecule has 1 aliphatic heterocycles. The van der Waals surface area contributed by atoms with E-state index < -0.39 is 0 Å². The molecule has 1 fully saturated rings. The SMILES string of the molecule is COc1ccc(CN2CCN(c3ncnc4[nH]ccc34)CC2)cn1. The molecule has 0 amide bonds. The quantitative estimate of drug-likeness (QED) is 0.787. The molecule has 3 aromatic rings. The zero-order chi connectivity index (χ0) is 16.4. The van der Waals surface area contributed by atoms with Crippen molar-refractivity contribution >= 4 is 16.9 Å². The lowest BCUT2D eigenvalue weighted by atomic mass is 10.2. The average molecular weight is 324 g/mol. The van der Waals surface area contributed by atoms with Crippen molar-refractivity contribution in [2.75, 3.05) is 38.2 Å². The molecular weight excluding hydrogens is 304 g/mol. The van der Waals surface area contributed by atoms with Crippen LogP contribution in [-0.2, 0) is 6.54 Å². The van der Waals surface area contributed by atoms with E-state index in [1.807, 2.05) is 24.5 Å². The second kappa shape index (κ2) is 6.45. The number of methoxy groups -OCH3 is 1. The van der Waals surface area contributed by atoms with Crippen LogP contribution in [0.1, 0.15) is 5.56 Å². The van der Waals surface area contributed by atoms with Crippen LogP contribution in [0.2, 0.25) is 0 Å². The van der Waals surface area contributed by atoms with Crippen molar-refractivity contribution < 1.29 is 4.74 Å². The highest BCUT2D eigenvalue weighted by Gasteiger charge is 2.20. The van der Waals surface area contributed by atoms with E-state index >= 15 is 0 Å². The maximum absolute atomic E-state index is 5.10. The fourth-order valence-electron chi connectivity index (χ4n) is 3.11. The Kier molecular flexibility index (Phi) is 4.00. The molecule has 3 aromatic heterocycles. The number of hydrogen-bond donors (Lipinski definition) is 1. The van der Waals surface area contributed by atoms with Gasteiger partial charge in [-0.1, -0.05) is 6.07 Å². The number of fused-ring (bicyclic) bond motifs is 1. The first-order valence-electron chi connectivity index (χ1n) is 8.08. The van der Waals surface area contributed by atoms with Crippen molar-refractivity contribution in [3.8, 4) is 5.88 Å². The molecular formula is C17H20N6O. The molecule has 0 unspecified atom stereocenters. The number of aromatic amines is 1. The van der Waals surface area contributed by atoms with E-state index in [4.69, 9.17) is 4.74 Å². The Labute approximate surface area is 140 Å². The maximum atomic E-state index is 5.10. The third kappa shape index (κ3) is 2.90. The molecule has 1 saturated heterocycles. The summed E-state index contributed by atoms with van der Waals surface area (Å²) in [7, 11) is 1.63. The minimum absolute atomic E-state index is 0.655. The summed E-state index contributed by atoms with van der Waals surface area (Å²) in [5.74, 6) is 1.68. The standard InChI is InChI=1S/C17H20N6O/c1-24-15-3-2-13(10-19-15)11-22-6-8-23(9-7-22)17-14-4-5-18-16(14)20-12-21-17/h2-5,10,12H,6-9,11H2,1H3,(H,18,20,21). The van der Waals surface area contributed by atoms with Crippen LogP contribution in [0.25, 0.3) is 11.0 Å². The van der Waals surface area contributed by atoms with Crippen LogP contribution >= 0.6 is 0 Å². The second-order valence-corrected chi connectivity index (χ2v) is 5.91. The van der Waals surface area contributed by atoms with Crippen LogP contribution in [0, 0.1) is 0 Å². The molecule has 0 spiro atoms. The van der Waals surface area contributed by atoms with E-state index in [0.29, 0.717) is 5.88 Å². The summed E-state index contributed by atoms with van der Waals surface area (Å²) >= 11 is 0. The van der Waals surface area contributed by atoms with Crippen molar-refractivity contribution in [1.82, 2.24) is 24.8 Å². The number of ether oxygens (including phenoxy) is 1. The van der Waals surface area contributed by atoms with Crippen molar-refractivity contribution in [3.05, 3.63) is 42.5 Å². The van der Waals surface area contributed by atoms with Crippen LogP contribution in [0.3, 0.4) is 0 Å². The number of nitrogens with zero attached hydrogens (tertiary/aromatic N) is 5. The average Bonchev–Trinajstić information content (AvgIpc) is 3.12. The van der Waals surface area contributed by atoms with Crippen LogP contribution in [0.5, 0.6) is 5.88 Å². The number of hydrogen-bond acceptors (Lipinski definition) is 6. The molecule has 24 heavy (non-hydrogen) atoms. The molecule has 1 aliphatic rings. The Bertz CT molecular complexity index is 807. The lowest BCUT2D eigenvalue weighted by Crippen LogP contribution is -2.46. The minimum atomic E-state index is 0.655. The molecule has 0 aliphatic carbocycles. The van der Waals surface area contributed by atoms with E-state index in [9.17, 15) is 0 Å². The molecule has 7 heteroatoms. The van der Waals surface area contributed by atoms with Crippen LogP contribution in [0.4, 0.5) is 5.82 Å². The number of anilines is 1. The van der Waals surface area contributed by atoms with Gasteiger partial charge in [0.2, 0.25) is 5.88 Å². The first-order valence-corrected chi connectivity index (χ1v) is 8.08. The van der Waals surface area contributed by atoms with Gasteiger partial charge in [-0.05, 0) is 11.6 Å². The van der Waals surface area contributed by atoms with Gasteiger partial charge in [-0.2, -0.15) is 0 Å². The van der Waals surface area contributed by atoms with E-state index in [0.717, 1.165) is 49.6 Å². The monoisotopic (exact) mass is 324 g/mol. The van der Waals surface area contributed by atoms with Gasteiger partial charge in [-0.15, -0.1) is 0 Å². The number of aromatic nitrogens is 4. The fraction of sp³-hybridized carbons (Fsp3) is 0.353. The van der Waals surface area contributed by atoms with Crippen LogP contribution in [0.15, 0.2) is 36.9 Å². The lowest BCUT2D eigenvalue weighted by molar-refractivity contribution is 0.249. The van der Waals surface area contributed by atoms with Gasteiger partial charge in [0.1, 0.15) is 17.8 Å². The van der Waals surface area contributed by atoms with Gasteiger partial charge in [0.05, 0.1) is 12.5 Å². The Morgan fingerprint density at radius 1 is 1.08 bits per heavy atom. The fourth-order valence-corrected chi connectivity index (χ4v) is 3.11. The highest BCUT2D eigenvalue weighted by molar-refractivity contribution is 5.87. The summed E-state index contributed by atoms with van der Waals surface area (Å²) < 4.78 is 5.10. The summed E-state index contributed by atoms with van der Waals surface area (Å²) in [6, 6.07) is 6.03. The molecule has 0 radical (unpaired) electrons. The van der Waals surface area contributed by atoms with Gasteiger partial charge >= 0.3 is 0 Å². The molecule has 0 bridgehead atoms. The Morgan fingerprint density at radius 2 is 1.96 bits per heavy atom. The lowest BCUT2D eigenvalue weighted by Gasteiger charge is -2.35. The predicted molar refractivity (Wildman–Crippen MR) is 92.2 cm³/mol. The normalized spacial score (nSPS) is 15.8. The highest BCUT2D eigenvalue weighted by Crippen LogP contribution is 2.23.